The van der Waals surface area contributed by atoms with Gasteiger partial charge in [-0.2, -0.15) is 0 Å². The standard InChI is InChI=1S/C18H21BrN2/c1-3-20-12-15-11-16(19)8-9-18(15)21-13(2)10-14-6-4-5-7-17(14)21/h4-9,11,13,20H,3,10,12H2,1-2H3. The zero-order valence-corrected chi connectivity index (χ0v) is 14.2. The van der Waals surface area contributed by atoms with Crippen LogP contribution in [0.2, 0.25) is 0 Å². The first-order chi connectivity index (χ1) is 10.2. The van der Waals surface area contributed by atoms with Crippen LogP contribution in [0.5, 0.6) is 0 Å². The molecular weight excluding hydrogens is 324 g/mol. The summed E-state index contributed by atoms with van der Waals surface area (Å²) in [4.78, 5) is 2.48. The van der Waals surface area contributed by atoms with E-state index in [4.69, 9.17) is 0 Å². The maximum absolute atomic E-state index is 3.60. The molecule has 1 unspecified atom stereocenters. The molecule has 1 N–H and O–H groups in total. The Morgan fingerprint density at radius 2 is 2.00 bits per heavy atom. The third kappa shape index (κ3) is 2.85. The van der Waals surface area contributed by atoms with Gasteiger partial charge in [0.15, 0.2) is 0 Å². The Bertz CT molecular complexity index is 639. The van der Waals surface area contributed by atoms with Crippen LogP contribution in [-0.2, 0) is 13.0 Å². The average molecular weight is 345 g/mol. The van der Waals surface area contributed by atoms with Crippen molar-refractivity contribution in [2.24, 2.45) is 0 Å². The van der Waals surface area contributed by atoms with Crippen LogP contribution in [0, 0.1) is 0 Å². The molecule has 3 rings (SSSR count). The lowest BCUT2D eigenvalue weighted by Gasteiger charge is -2.28. The van der Waals surface area contributed by atoms with Crippen molar-refractivity contribution in [3.63, 3.8) is 0 Å². The van der Waals surface area contributed by atoms with Crippen molar-refractivity contribution in [3.8, 4) is 0 Å². The van der Waals surface area contributed by atoms with Crippen LogP contribution >= 0.6 is 15.9 Å². The number of nitrogens with zero attached hydrogens (tertiary/aromatic N) is 1. The van der Waals surface area contributed by atoms with Gasteiger partial charge < -0.3 is 10.2 Å². The smallest absolute Gasteiger partial charge is 0.0459 e. The molecule has 0 aliphatic carbocycles. The molecule has 0 radical (unpaired) electrons. The number of anilines is 2. The van der Waals surface area contributed by atoms with Crippen molar-refractivity contribution >= 4 is 27.3 Å². The third-order valence-corrected chi connectivity index (χ3v) is 4.57. The summed E-state index contributed by atoms with van der Waals surface area (Å²) < 4.78 is 1.14. The van der Waals surface area contributed by atoms with E-state index < -0.39 is 0 Å². The minimum atomic E-state index is 0.504. The number of para-hydroxylation sites is 1. The van der Waals surface area contributed by atoms with Crippen molar-refractivity contribution in [1.29, 1.82) is 0 Å². The fourth-order valence-corrected chi connectivity index (χ4v) is 3.53. The van der Waals surface area contributed by atoms with Crippen LogP contribution in [0.1, 0.15) is 25.0 Å². The number of hydrogen-bond donors (Lipinski definition) is 1. The molecule has 3 heteroatoms. The Kier molecular flexibility index (Phi) is 4.32. The highest BCUT2D eigenvalue weighted by Crippen LogP contribution is 2.40. The van der Waals surface area contributed by atoms with Gasteiger partial charge in [0.1, 0.15) is 0 Å². The molecule has 1 aliphatic heterocycles. The lowest BCUT2D eigenvalue weighted by Crippen LogP contribution is -2.26. The fourth-order valence-electron chi connectivity index (χ4n) is 3.12. The Balaban J connectivity index is 2.04. The summed E-state index contributed by atoms with van der Waals surface area (Å²) in [5, 5.41) is 3.45. The molecule has 0 aromatic heterocycles. The van der Waals surface area contributed by atoms with E-state index in [-0.39, 0.29) is 0 Å². The Morgan fingerprint density at radius 1 is 1.19 bits per heavy atom. The van der Waals surface area contributed by atoms with E-state index in [1.54, 1.807) is 0 Å². The third-order valence-electron chi connectivity index (χ3n) is 4.07. The minimum Gasteiger partial charge on any atom is -0.338 e. The van der Waals surface area contributed by atoms with Gasteiger partial charge in [-0.05, 0) is 55.3 Å². The molecule has 1 heterocycles. The number of rotatable bonds is 4. The summed E-state index contributed by atoms with van der Waals surface area (Å²) in [6.07, 6.45) is 1.12. The summed E-state index contributed by atoms with van der Waals surface area (Å²) >= 11 is 3.60. The number of benzene rings is 2. The van der Waals surface area contributed by atoms with Gasteiger partial charge in [-0.3, -0.25) is 0 Å². The van der Waals surface area contributed by atoms with E-state index in [1.807, 2.05) is 0 Å². The van der Waals surface area contributed by atoms with E-state index >= 15 is 0 Å². The average Bonchev–Trinajstić information content (AvgIpc) is 2.81. The zero-order chi connectivity index (χ0) is 14.8. The maximum atomic E-state index is 3.60. The molecule has 0 bridgehead atoms. The summed E-state index contributed by atoms with van der Waals surface area (Å²) in [5.41, 5.74) is 5.46. The first kappa shape index (κ1) is 14.6. The summed E-state index contributed by atoms with van der Waals surface area (Å²) in [7, 11) is 0. The molecule has 0 amide bonds. The number of nitrogens with one attached hydrogen (secondary N) is 1. The maximum Gasteiger partial charge on any atom is 0.0459 e. The molecule has 2 aromatic carbocycles. The predicted molar refractivity (Wildman–Crippen MR) is 93.3 cm³/mol. The lowest BCUT2D eigenvalue weighted by atomic mass is 10.1. The molecule has 0 saturated carbocycles. The van der Waals surface area contributed by atoms with Gasteiger partial charge in [-0.15, -0.1) is 0 Å². The van der Waals surface area contributed by atoms with Gasteiger partial charge in [0, 0.05) is 28.4 Å². The van der Waals surface area contributed by atoms with Crippen molar-refractivity contribution < 1.29 is 0 Å². The Labute approximate surface area is 135 Å². The Morgan fingerprint density at radius 3 is 2.81 bits per heavy atom. The predicted octanol–water partition coefficient (Wildman–Crippen LogP) is 4.64. The molecule has 110 valence electrons. The monoisotopic (exact) mass is 344 g/mol. The van der Waals surface area contributed by atoms with Crippen LogP contribution in [0.3, 0.4) is 0 Å². The highest BCUT2D eigenvalue weighted by atomic mass is 79.9. The summed E-state index contributed by atoms with van der Waals surface area (Å²) in [6.45, 7) is 6.33. The second kappa shape index (κ2) is 6.20. The molecule has 2 nitrogen and oxygen atoms in total. The second-order valence-corrected chi connectivity index (χ2v) is 6.52. The van der Waals surface area contributed by atoms with Crippen molar-refractivity contribution in [1.82, 2.24) is 5.32 Å². The SMILES string of the molecule is CCNCc1cc(Br)ccc1N1c2ccccc2CC1C. The topological polar surface area (TPSA) is 15.3 Å². The minimum absolute atomic E-state index is 0.504. The molecule has 1 aliphatic rings. The van der Waals surface area contributed by atoms with Crippen LogP contribution in [0.25, 0.3) is 0 Å². The highest BCUT2D eigenvalue weighted by molar-refractivity contribution is 9.10. The van der Waals surface area contributed by atoms with E-state index in [0.717, 1.165) is 24.0 Å². The van der Waals surface area contributed by atoms with Gasteiger partial charge in [-0.1, -0.05) is 41.1 Å². The van der Waals surface area contributed by atoms with Crippen LogP contribution in [0.4, 0.5) is 11.4 Å². The van der Waals surface area contributed by atoms with E-state index in [1.165, 1.54) is 22.5 Å². The lowest BCUT2D eigenvalue weighted by molar-refractivity contribution is 0.713. The number of halogens is 1. The van der Waals surface area contributed by atoms with Gasteiger partial charge in [0.05, 0.1) is 0 Å². The zero-order valence-electron chi connectivity index (χ0n) is 12.6. The molecule has 0 fully saturated rings. The number of hydrogen-bond acceptors (Lipinski definition) is 2. The normalized spacial score (nSPS) is 17.1. The van der Waals surface area contributed by atoms with E-state index in [9.17, 15) is 0 Å². The van der Waals surface area contributed by atoms with Gasteiger partial charge in [0.25, 0.3) is 0 Å². The summed E-state index contributed by atoms with van der Waals surface area (Å²) in [6, 6.07) is 15.8. The molecule has 0 saturated heterocycles. The highest BCUT2D eigenvalue weighted by Gasteiger charge is 2.28. The van der Waals surface area contributed by atoms with Crippen molar-refractivity contribution in [2.75, 3.05) is 11.4 Å². The van der Waals surface area contributed by atoms with Gasteiger partial charge in [-0.25, -0.2) is 0 Å². The molecule has 2 aromatic rings. The second-order valence-electron chi connectivity index (χ2n) is 5.61. The Hall–Kier alpha value is -1.32. The molecule has 21 heavy (non-hydrogen) atoms. The first-order valence-electron chi connectivity index (χ1n) is 7.57. The number of fused-ring (bicyclic) bond motifs is 1. The van der Waals surface area contributed by atoms with Crippen molar-refractivity contribution in [2.45, 2.75) is 32.9 Å². The largest absolute Gasteiger partial charge is 0.338 e. The van der Waals surface area contributed by atoms with Crippen LogP contribution in [-0.4, -0.2) is 12.6 Å². The summed E-state index contributed by atoms with van der Waals surface area (Å²) in [5.74, 6) is 0. The quantitative estimate of drug-likeness (QED) is 0.868. The van der Waals surface area contributed by atoms with Gasteiger partial charge >= 0.3 is 0 Å². The fraction of sp³-hybridized carbons (Fsp3) is 0.333. The van der Waals surface area contributed by atoms with E-state index in [2.05, 4.69) is 82.5 Å². The van der Waals surface area contributed by atoms with Gasteiger partial charge in [0.2, 0.25) is 0 Å². The van der Waals surface area contributed by atoms with Crippen LogP contribution < -0.4 is 10.2 Å². The molecular formula is C18H21BrN2. The van der Waals surface area contributed by atoms with Crippen LogP contribution in [0.15, 0.2) is 46.9 Å². The van der Waals surface area contributed by atoms with Crippen molar-refractivity contribution in [3.05, 3.63) is 58.1 Å². The first-order valence-corrected chi connectivity index (χ1v) is 8.36. The molecule has 0 spiro atoms. The van der Waals surface area contributed by atoms with E-state index in [0.29, 0.717) is 6.04 Å². The molecule has 1 atom stereocenters.